The number of nitrogens with zero attached hydrogens (tertiary/aromatic N) is 1. The highest BCUT2D eigenvalue weighted by Crippen LogP contribution is 2.12. The minimum atomic E-state index is -3.38. The van der Waals surface area contributed by atoms with E-state index in [1.165, 1.54) is 0 Å². The molecule has 1 fully saturated rings. The Morgan fingerprint density at radius 1 is 1.42 bits per heavy atom. The zero-order chi connectivity index (χ0) is 14.0. The Morgan fingerprint density at radius 3 is 2.68 bits per heavy atom. The number of hydrogen-bond donors (Lipinski definition) is 1. The van der Waals surface area contributed by atoms with Crippen molar-refractivity contribution in [1.29, 1.82) is 0 Å². The third-order valence-electron chi connectivity index (χ3n) is 2.88. The van der Waals surface area contributed by atoms with Crippen molar-refractivity contribution in [2.24, 2.45) is 0 Å². The average Bonchev–Trinajstić information content (AvgIpc) is 2.77. The first-order valence-electron chi connectivity index (χ1n) is 5.85. The first kappa shape index (κ1) is 14.0. The SMILES string of the molecule is Cc1ccccc1C(=O)NC1CON(S(C)(=O)=O)C1. The number of amides is 1. The maximum atomic E-state index is 12.0. The second-order valence-electron chi connectivity index (χ2n) is 4.53. The fourth-order valence-electron chi connectivity index (χ4n) is 1.87. The normalized spacial score (nSPS) is 20.4. The molecule has 1 atom stereocenters. The number of aryl methyl sites for hydroxylation is 1. The summed E-state index contributed by atoms with van der Waals surface area (Å²) >= 11 is 0. The molecule has 0 spiro atoms. The largest absolute Gasteiger partial charge is 0.345 e. The molecule has 0 radical (unpaired) electrons. The predicted molar refractivity (Wildman–Crippen MR) is 69.9 cm³/mol. The van der Waals surface area contributed by atoms with Crippen molar-refractivity contribution in [3.63, 3.8) is 0 Å². The summed E-state index contributed by atoms with van der Waals surface area (Å²) in [5.74, 6) is -0.220. The summed E-state index contributed by atoms with van der Waals surface area (Å²) in [5.41, 5.74) is 1.46. The van der Waals surface area contributed by atoms with Gasteiger partial charge < -0.3 is 5.32 Å². The molecule has 0 aliphatic carbocycles. The fraction of sp³-hybridized carbons (Fsp3) is 0.417. The third-order valence-corrected chi connectivity index (χ3v) is 3.88. The van der Waals surface area contributed by atoms with Crippen LogP contribution in [-0.2, 0) is 14.9 Å². The Bertz CT molecular complexity index is 585. The number of carbonyl (C=O) groups is 1. The minimum absolute atomic E-state index is 0.135. The van der Waals surface area contributed by atoms with E-state index < -0.39 is 10.0 Å². The second-order valence-corrected chi connectivity index (χ2v) is 6.40. The summed E-state index contributed by atoms with van der Waals surface area (Å²) in [6, 6.07) is 6.89. The molecule has 0 saturated carbocycles. The molecule has 104 valence electrons. The number of sulfonamides is 1. The van der Waals surface area contributed by atoms with Crippen molar-refractivity contribution in [3.05, 3.63) is 35.4 Å². The van der Waals surface area contributed by atoms with Gasteiger partial charge in [-0.1, -0.05) is 22.7 Å². The summed E-state index contributed by atoms with van der Waals surface area (Å²) in [6.07, 6.45) is 1.07. The summed E-state index contributed by atoms with van der Waals surface area (Å²) in [4.78, 5) is 17.1. The molecule has 1 aliphatic rings. The summed E-state index contributed by atoms with van der Waals surface area (Å²) in [7, 11) is -3.38. The molecule has 1 saturated heterocycles. The van der Waals surface area contributed by atoms with Crippen LogP contribution in [-0.4, -0.2) is 44.2 Å². The summed E-state index contributed by atoms with van der Waals surface area (Å²) in [6.45, 7) is 2.14. The number of benzene rings is 1. The van der Waals surface area contributed by atoms with Crippen LogP contribution in [0, 0.1) is 6.92 Å². The Hall–Kier alpha value is -1.44. The summed E-state index contributed by atoms with van der Waals surface area (Å²) in [5, 5.41) is 2.77. The lowest BCUT2D eigenvalue weighted by atomic mass is 10.1. The number of hydrogen-bond acceptors (Lipinski definition) is 4. The molecular formula is C12H16N2O4S. The molecule has 0 aromatic heterocycles. The quantitative estimate of drug-likeness (QED) is 0.866. The van der Waals surface area contributed by atoms with Gasteiger partial charge in [-0.15, -0.1) is 0 Å². The summed E-state index contributed by atoms with van der Waals surface area (Å²) < 4.78 is 23.5. The number of carbonyl (C=O) groups excluding carboxylic acids is 1. The van der Waals surface area contributed by atoms with E-state index in [-0.39, 0.29) is 25.1 Å². The van der Waals surface area contributed by atoms with Gasteiger partial charge in [0.05, 0.1) is 25.4 Å². The molecule has 1 unspecified atom stereocenters. The molecule has 2 rings (SSSR count). The lowest BCUT2D eigenvalue weighted by molar-refractivity contribution is -0.0283. The highest BCUT2D eigenvalue weighted by atomic mass is 32.2. The number of hydroxylamine groups is 1. The molecule has 1 heterocycles. The maximum absolute atomic E-state index is 12.0. The van der Waals surface area contributed by atoms with E-state index in [0.717, 1.165) is 16.3 Å². The predicted octanol–water partition coefficient (Wildman–Crippen LogP) is 0.300. The maximum Gasteiger partial charge on any atom is 0.251 e. The lowest BCUT2D eigenvalue weighted by Gasteiger charge is -2.12. The van der Waals surface area contributed by atoms with Crippen molar-refractivity contribution in [1.82, 2.24) is 9.79 Å². The van der Waals surface area contributed by atoms with Gasteiger partial charge in [-0.3, -0.25) is 9.63 Å². The van der Waals surface area contributed by atoms with Crippen LogP contribution in [0.25, 0.3) is 0 Å². The number of rotatable bonds is 3. The zero-order valence-corrected chi connectivity index (χ0v) is 11.6. The van der Waals surface area contributed by atoms with Gasteiger partial charge in [0.1, 0.15) is 0 Å². The van der Waals surface area contributed by atoms with Gasteiger partial charge >= 0.3 is 0 Å². The molecule has 1 aromatic rings. The fourth-order valence-corrected chi connectivity index (χ4v) is 2.57. The van der Waals surface area contributed by atoms with Crippen LogP contribution in [0.15, 0.2) is 24.3 Å². The molecule has 0 bridgehead atoms. The lowest BCUT2D eigenvalue weighted by Crippen LogP contribution is -2.39. The van der Waals surface area contributed by atoms with Crippen molar-refractivity contribution >= 4 is 15.9 Å². The molecule has 6 nitrogen and oxygen atoms in total. The highest BCUT2D eigenvalue weighted by Gasteiger charge is 2.31. The Balaban J connectivity index is 2.00. The van der Waals surface area contributed by atoms with E-state index in [1.807, 2.05) is 19.1 Å². The molecular weight excluding hydrogens is 268 g/mol. The van der Waals surface area contributed by atoms with E-state index in [9.17, 15) is 13.2 Å². The van der Waals surface area contributed by atoms with Gasteiger partial charge in [-0.05, 0) is 18.6 Å². The van der Waals surface area contributed by atoms with Crippen molar-refractivity contribution < 1.29 is 18.0 Å². The van der Waals surface area contributed by atoms with Crippen molar-refractivity contribution in [3.8, 4) is 0 Å². The standard InChI is InChI=1S/C12H16N2O4S/c1-9-5-3-4-6-11(9)12(15)13-10-7-14(18-8-10)19(2,16)17/h3-6,10H,7-8H2,1-2H3,(H,13,15). The molecule has 7 heteroatoms. The topological polar surface area (TPSA) is 75.7 Å². The Kier molecular flexibility index (Phi) is 3.88. The van der Waals surface area contributed by atoms with E-state index in [0.29, 0.717) is 5.56 Å². The molecule has 1 N–H and O–H groups in total. The van der Waals surface area contributed by atoms with Gasteiger partial charge in [0.25, 0.3) is 5.91 Å². The first-order valence-corrected chi connectivity index (χ1v) is 7.70. The zero-order valence-electron chi connectivity index (χ0n) is 10.8. The van der Waals surface area contributed by atoms with Crippen LogP contribution >= 0.6 is 0 Å². The van der Waals surface area contributed by atoms with Gasteiger partial charge in [0.15, 0.2) is 0 Å². The van der Waals surface area contributed by atoms with Crippen LogP contribution in [0.4, 0.5) is 0 Å². The van der Waals surface area contributed by atoms with E-state index in [1.54, 1.807) is 12.1 Å². The Morgan fingerprint density at radius 2 is 2.11 bits per heavy atom. The molecule has 19 heavy (non-hydrogen) atoms. The third kappa shape index (κ3) is 3.31. The Labute approximate surface area is 112 Å². The monoisotopic (exact) mass is 284 g/mol. The molecule has 1 amide bonds. The smallest absolute Gasteiger partial charge is 0.251 e. The number of nitrogens with one attached hydrogen (secondary N) is 1. The molecule has 1 aromatic carbocycles. The highest BCUT2D eigenvalue weighted by molar-refractivity contribution is 7.88. The van der Waals surface area contributed by atoms with E-state index in [2.05, 4.69) is 5.32 Å². The van der Waals surface area contributed by atoms with Crippen LogP contribution in [0.2, 0.25) is 0 Å². The van der Waals surface area contributed by atoms with Crippen LogP contribution in [0.1, 0.15) is 15.9 Å². The van der Waals surface area contributed by atoms with Gasteiger partial charge in [0, 0.05) is 5.56 Å². The average molecular weight is 284 g/mol. The van der Waals surface area contributed by atoms with E-state index >= 15 is 0 Å². The molecule has 1 aliphatic heterocycles. The van der Waals surface area contributed by atoms with Crippen molar-refractivity contribution in [2.75, 3.05) is 19.4 Å². The van der Waals surface area contributed by atoms with E-state index in [4.69, 9.17) is 4.84 Å². The second kappa shape index (κ2) is 5.28. The minimum Gasteiger partial charge on any atom is -0.345 e. The van der Waals surface area contributed by atoms with Gasteiger partial charge in [0.2, 0.25) is 10.0 Å². The van der Waals surface area contributed by atoms with Crippen LogP contribution in [0.5, 0.6) is 0 Å². The van der Waals surface area contributed by atoms with Gasteiger partial charge in [-0.25, -0.2) is 8.42 Å². The van der Waals surface area contributed by atoms with Crippen molar-refractivity contribution in [2.45, 2.75) is 13.0 Å². The first-order chi connectivity index (χ1) is 8.88. The van der Waals surface area contributed by atoms with Crippen LogP contribution in [0.3, 0.4) is 0 Å². The van der Waals surface area contributed by atoms with Crippen LogP contribution < -0.4 is 5.32 Å². The van der Waals surface area contributed by atoms with Gasteiger partial charge in [-0.2, -0.15) is 0 Å².